The predicted octanol–water partition coefficient (Wildman–Crippen LogP) is 3.89. The number of carbonyl (C=O) groups is 1. The van der Waals surface area contributed by atoms with Crippen molar-refractivity contribution < 1.29 is 13.9 Å². The summed E-state index contributed by atoms with van der Waals surface area (Å²) in [5, 5.41) is 13.1. The van der Waals surface area contributed by atoms with E-state index < -0.39 is 5.91 Å². The van der Waals surface area contributed by atoms with Gasteiger partial charge in [-0.05, 0) is 36.3 Å². The van der Waals surface area contributed by atoms with Gasteiger partial charge in [-0.2, -0.15) is 5.26 Å². The average molecular weight is 391 g/mol. The Bertz CT molecular complexity index is 1080. The number of aromatic nitrogens is 1. The largest absolute Gasteiger partial charge is 0.385 e. The average Bonchev–Trinajstić information content (AvgIpc) is 3.06. The summed E-state index contributed by atoms with van der Waals surface area (Å²) in [7, 11) is 1.60. The summed E-state index contributed by atoms with van der Waals surface area (Å²) >= 11 is 0. The molecule has 0 bridgehead atoms. The number of rotatable bonds is 8. The molecule has 0 aliphatic heterocycles. The zero-order valence-corrected chi connectivity index (χ0v) is 16.2. The Morgan fingerprint density at radius 2 is 2.10 bits per heavy atom. The van der Waals surface area contributed by atoms with E-state index in [0.29, 0.717) is 26.1 Å². The van der Waals surface area contributed by atoms with Crippen LogP contribution in [0.4, 0.5) is 4.39 Å². The summed E-state index contributed by atoms with van der Waals surface area (Å²) in [5.74, 6) is -0.693. The van der Waals surface area contributed by atoms with Crippen LogP contribution in [0, 0.1) is 17.1 Å². The molecular formula is C23H22FN3O2. The molecule has 2 aromatic carbocycles. The van der Waals surface area contributed by atoms with E-state index in [9.17, 15) is 14.4 Å². The van der Waals surface area contributed by atoms with E-state index in [1.54, 1.807) is 19.3 Å². The summed E-state index contributed by atoms with van der Waals surface area (Å²) in [6.07, 6.45) is 4.15. The highest BCUT2D eigenvalue weighted by Crippen LogP contribution is 2.24. The van der Waals surface area contributed by atoms with Crippen LogP contribution in [0.2, 0.25) is 0 Å². The number of benzene rings is 2. The molecule has 6 heteroatoms. The molecule has 0 aliphatic rings. The van der Waals surface area contributed by atoms with E-state index in [1.807, 2.05) is 47.2 Å². The SMILES string of the molecule is COCCCNC(=O)C(C#N)=Cc1cn(Cc2cccc(F)c2)c2ccccc12. The number of ether oxygens (including phenoxy) is 1. The highest BCUT2D eigenvalue weighted by molar-refractivity contribution is 6.04. The van der Waals surface area contributed by atoms with E-state index in [-0.39, 0.29) is 11.4 Å². The number of methoxy groups -OCH3 is 1. The second kappa shape index (κ2) is 9.67. The molecule has 5 nitrogen and oxygen atoms in total. The molecule has 1 amide bonds. The van der Waals surface area contributed by atoms with Crippen LogP contribution in [0.25, 0.3) is 17.0 Å². The molecule has 0 spiro atoms. The van der Waals surface area contributed by atoms with Crippen LogP contribution >= 0.6 is 0 Å². The third kappa shape index (κ3) is 5.09. The number of nitriles is 1. The van der Waals surface area contributed by atoms with Crippen LogP contribution in [0.5, 0.6) is 0 Å². The normalized spacial score (nSPS) is 11.4. The van der Waals surface area contributed by atoms with Gasteiger partial charge in [0.1, 0.15) is 17.5 Å². The molecule has 3 aromatic rings. The van der Waals surface area contributed by atoms with Crippen molar-refractivity contribution in [2.45, 2.75) is 13.0 Å². The zero-order chi connectivity index (χ0) is 20.6. The Hall–Kier alpha value is -3.43. The highest BCUT2D eigenvalue weighted by Gasteiger charge is 2.12. The molecule has 29 heavy (non-hydrogen) atoms. The van der Waals surface area contributed by atoms with Gasteiger partial charge >= 0.3 is 0 Å². The third-order valence-corrected chi connectivity index (χ3v) is 4.54. The van der Waals surface area contributed by atoms with Gasteiger partial charge in [-0.3, -0.25) is 4.79 Å². The molecule has 0 fully saturated rings. The van der Waals surface area contributed by atoms with Gasteiger partial charge < -0.3 is 14.6 Å². The van der Waals surface area contributed by atoms with Gasteiger partial charge in [0.15, 0.2) is 0 Å². The van der Waals surface area contributed by atoms with Crippen LogP contribution in [-0.2, 0) is 16.1 Å². The summed E-state index contributed by atoms with van der Waals surface area (Å²) in [6, 6.07) is 16.2. The van der Waals surface area contributed by atoms with Gasteiger partial charge in [0.05, 0.1) is 0 Å². The molecule has 0 atom stereocenters. The van der Waals surface area contributed by atoms with E-state index in [4.69, 9.17) is 4.74 Å². The third-order valence-electron chi connectivity index (χ3n) is 4.54. The Morgan fingerprint density at radius 1 is 1.28 bits per heavy atom. The maximum atomic E-state index is 13.5. The molecule has 0 unspecified atom stereocenters. The van der Waals surface area contributed by atoms with Crippen molar-refractivity contribution in [1.82, 2.24) is 9.88 Å². The van der Waals surface area contributed by atoms with Crippen molar-refractivity contribution in [3.63, 3.8) is 0 Å². The quantitative estimate of drug-likeness (QED) is 0.360. The Balaban J connectivity index is 1.90. The van der Waals surface area contributed by atoms with Gasteiger partial charge in [0.2, 0.25) is 0 Å². The van der Waals surface area contributed by atoms with E-state index in [2.05, 4.69) is 5.32 Å². The molecule has 0 aliphatic carbocycles. The Labute approximate surface area is 169 Å². The topological polar surface area (TPSA) is 67.0 Å². The van der Waals surface area contributed by atoms with Crippen LogP contribution in [0.3, 0.4) is 0 Å². The fourth-order valence-electron chi connectivity index (χ4n) is 3.17. The van der Waals surface area contributed by atoms with Gasteiger partial charge in [-0.1, -0.05) is 30.3 Å². The number of hydrogen-bond donors (Lipinski definition) is 1. The summed E-state index contributed by atoms with van der Waals surface area (Å²) in [5.41, 5.74) is 2.58. The summed E-state index contributed by atoms with van der Waals surface area (Å²) in [6.45, 7) is 1.46. The maximum Gasteiger partial charge on any atom is 0.261 e. The Kier molecular flexibility index (Phi) is 6.77. The second-order valence-electron chi connectivity index (χ2n) is 6.63. The molecule has 0 radical (unpaired) electrons. The number of hydrogen-bond acceptors (Lipinski definition) is 3. The van der Waals surface area contributed by atoms with E-state index >= 15 is 0 Å². The molecule has 1 heterocycles. The lowest BCUT2D eigenvalue weighted by molar-refractivity contribution is -0.117. The number of nitrogens with zero attached hydrogens (tertiary/aromatic N) is 2. The van der Waals surface area contributed by atoms with Crippen LogP contribution in [0.1, 0.15) is 17.5 Å². The fraction of sp³-hybridized carbons (Fsp3) is 0.217. The first kappa shape index (κ1) is 20.3. The first-order valence-corrected chi connectivity index (χ1v) is 9.33. The van der Waals surface area contributed by atoms with Crippen molar-refractivity contribution >= 4 is 22.9 Å². The molecule has 1 aromatic heterocycles. The van der Waals surface area contributed by atoms with Crippen molar-refractivity contribution in [3.8, 4) is 6.07 Å². The van der Waals surface area contributed by atoms with Gasteiger partial charge in [-0.25, -0.2) is 4.39 Å². The minimum atomic E-state index is -0.412. The molecule has 0 saturated carbocycles. The Morgan fingerprint density at radius 3 is 2.86 bits per heavy atom. The maximum absolute atomic E-state index is 13.5. The number of halogens is 1. The zero-order valence-electron chi connectivity index (χ0n) is 16.2. The van der Waals surface area contributed by atoms with Crippen molar-refractivity contribution in [2.75, 3.05) is 20.3 Å². The number of fused-ring (bicyclic) bond motifs is 1. The summed E-state index contributed by atoms with van der Waals surface area (Å²) < 4.78 is 20.5. The van der Waals surface area contributed by atoms with Gasteiger partial charge in [-0.15, -0.1) is 0 Å². The number of para-hydroxylation sites is 1. The lowest BCUT2D eigenvalue weighted by atomic mass is 10.1. The highest BCUT2D eigenvalue weighted by atomic mass is 19.1. The van der Waals surface area contributed by atoms with Gasteiger partial charge in [0, 0.05) is 49.5 Å². The van der Waals surface area contributed by atoms with E-state index in [1.165, 1.54) is 12.1 Å². The standard InChI is InChI=1S/C23H22FN3O2/c1-29-11-5-10-26-23(28)18(14-25)13-19-16-27(22-9-3-2-8-21(19)22)15-17-6-4-7-20(24)12-17/h2-4,6-9,12-13,16H,5,10-11,15H2,1H3,(H,26,28). The van der Waals surface area contributed by atoms with Crippen molar-refractivity contribution in [3.05, 3.63) is 77.2 Å². The monoisotopic (exact) mass is 391 g/mol. The number of amides is 1. The smallest absolute Gasteiger partial charge is 0.261 e. The molecular weight excluding hydrogens is 369 g/mol. The van der Waals surface area contributed by atoms with Crippen LogP contribution in [-0.4, -0.2) is 30.7 Å². The van der Waals surface area contributed by atoms with Gasteiger partial charge in [0.25, 0.3) is 5.91 Å². The van der Waals surface area contributed by atoms with E-state index in [0.717, 1.165) is 22.0 Å². The second-order valence-corrected chi connectivity index (χ2v) is 6.63. The molecule has 3 rings (SSSR count). The lowest BCUT2D eigenvalue weighted by Crippen LogP contribution is -2.26. The summed E-state index contributed by atoms with van der Waals surface area (Å²) in [4.78, 5) is 12.3. The molecule has 148 valence electrons. The fourth-order valence-corrected chi connectivity index (χ4v) is 3.17. The first-order chi connectivity index (χ1) is 14.1. The van der Waals surface area contributed by atoms with Crippen molar-refractivity contribution in [1.29, 1.82) is 5.26 Å². The minimum absolute atomic E-state index is 0.0380. The number of nitrogens with one attached hydrogen (secondary N) is 1. The molecule has 1 N–H and O–H groups in total. The predicted molar refractivity (Wildman–Crippen MR) is 111 cm³/mol. The lowest BCUT2D eigenvalue weighted by Gasteiger charge is -2.05. The minimum Gasteiger partial charge on any atom is -0.385 e. The first-order valence-electron chi connectivity index (χ1n) is 9.33. The molecule has 0 saturated heterocycles. The van der Waals surface area contributed by atoms with Crippen LogP contribution < -0.4 is 5.32 Å². The van der Waals surface area contributed by atoms with Crippen LogP contribution in [0.15, 0.2) is 60.3 Å². The number of carbonyl (C=O) groups excluding carboxylic acids is 1. The van der Waals surface area contributed by atoms with Crippen molar-refractivity contribution in [2.24, 2.45) is 0 Å².